The Morgan fingerprint density at radius 2 is 1.88 bits per heavy atom. The van der Waals surface area contributed by atoms with E-state index in [0.29, 0.717) is 13.0 Å². The Kier molecular flexibility index (Phi) is 5.16. The number of rotatable bonds is 5. The van der Waals surface area contributed by atoms with E-state index in [1.807, 2.05) is 26.0 Å². The molecule has 3 nitrogen and oxygen atoms in total. The van der Waals surface area contributed by atoms with Gasteiger partial charge in [-0.15, -0.1) is 0 Å². The van der Waals surface area contributed by atoms with Crippen molar-refractivity contribution < 1.29 is 14.6 Å². The van der Waals surface area contributed by atoms with Gasteiger partial charge in [0.25, 0.3) is 0 Å². The van der Waals surface area contributed by atoms with Crippen molar-refractivity contribution in [3.63, 3.8) is 0 Å². The first-order valence-electron chi connectivity index (χ1n) is 5.92. The molecule has 0 aliphatic carbocycles. The summed E-state index contributed by atoms with van der Waals surface area (Å²) in [4.78, 5) is 11.2. The molecular formula is C14H20O3. The van der Waals surface area contributed by atoms with Crippen molar-refractivity contribution in [1.29, 1.82) is 0 Å². The number of hydrogen-bond donors (Lipinski definition) is 1. The molecule has 0 saturated carbocycles. The molecule has 0 aliphatic heterocycles. The molecule has 1 aromatic carbocycles. The highest BCUT2D eigenvalue weighted by Gasteiger charge is 2.12. The van der Waals surface area contributed by atoms with E-state index in [-0.39, 0.29) is 12.4 Å². The number of esters is 1. The first-order chi connectivity index (χ1) is 8.01. The fourth-order valence-corrected chi connectivity index (χ4v) is 1.94. The molecule has 0 fully saturated rings. The van der Waals surface area contributed by atoms with Crippen LogP contribution < -0.4 is 0 Å². The second kappa shape index (κ2) is 6.40. The van der Waals surface area contributed by atoms with Gasteiger partial charge in [-0.1, -0.05) is 29.3 Å². The maximum absolute atomic E-state index is 11.2. The summed E-state index contributed by atoms with van der Waals surface area (Å²) in [5.74, 6) is -0.343. The molecule has 94 valence electrons. The van der Waals surface area contributed by atoms with Crippen LogP contribution in [-0.2, 0) is 16.0 Å². The molecule has 1 rings (SSSR count). The van der Waals surface area contributed by atoms with E-state index in [4.69, 9.17) is 4.74 Å². The average molecular weight is 236 g/mol. The predicted octanol–water partition coefficient (Wildman–Crippen LogP) is 2.16. The molecule has 0 spiro atoms. The summed E-state index contributed by atoms with van der Waals surface area (Å²) >= 11 is 0. The van der Waals surface area contributed by atoms with Crippen LogP contribution in [0.2, 0.25) is 0 Å². The minimum Gasteiger partial charge on any atom is -0.466 e. The minimum absolute atomic E-state index is 0.0564. The van der Waals surface area contributed by atoms with E-state index in [0.717, 1.165) is 5.56 Å². The van der Waals surface area contributed by atoms with Gasteiger partial charge in [0.2, 0.25) is 0 Å². The molecule has 17 heavy (non-hydrogen) atoms. The van der Waals surface area contributed by atoms with Crippen molar-refractivity contribution >= 4 is 5.97 Å². The first kappa shape index (κ1) is 13.7. The number of aryl methyl sites for hydroxylation is 2. The van der Waals surface area contributed by atoms with Gasteiger partial charge in [0.05, 0.1) is 19.1 Å². The van der Waals surface area contributed by atoms with Gasteiger partial charge in [-0.2, -0.15) is 0 Å². The predicted molar refractivity (Wildman–Crippen MR) is 66.9 cm³/mol. The molecule has 0 aromatic heterocycles. The standard InChI is InChI=1S/C14H20O3/c1-4-17-14(16)9-13(15)8-12-6-10(2)5-11(3)7-12/h5-7,13,15H,4,8-9H2,1-3H3/t13-/m0/s1. The van der Waals surface area contributed by atoms with Crippen LogP contribution in [0.1, 0.15) is 30.0 Å². The Labute approximate surface area is 102 Å². The van der Waals surface area contributed by atoms with Crippen LogP contribution >= 0.6 is 0 Å². The SMILES string of the molecule is CCOC(=O)C[C@@H](O)Cc1cc(C)cc(C)c1. The molecule has 3 heteroatoms. The number of carbonyl (C=O) groups excluding carboxylic acids is 1. The Morgan fingerprint density at radius 1 is 1.29 bits per heavy atom. The second-order valence-electron chi connectivity index (χ2n) is 4.36. The van der Waals surface area contributed by atoms with Crippen LogP contribution in [0.3, 0.4) is 0 Å². The smallest absolute Gasteiger partial charge is 0.308 e. The Bertz CT molecular complexity index is 365. The van der Waals surface area contributed by atoms with Gasteiger partial charge in [-0.3, -0.25) is 4.79 Å². The monoisotopic (exact) mass is 236 g/mol. The number of hydrogen-bond acceptors (Lipinski definition) is 3. The number of benzene rings is 1. The Morgan fingerprint density at radius 3 is 2.41 bits per heavy atom. The van der Waals surface area contributed by atoms with E-state index in [9.17, 15) is 9.90 Å². The lowest BCUT2D eigenvalue weighted by atomic mass is 10.0. The lowest BCUT2D eigenvalue weighted by Crippen LogP contribution is -2.18. The lowest BCUT2D eigenvalue weighted by molar-refractivity contribution is -0.145. The van der Waals surface area contributed by atoms with Crippen LogP contribution in [0.4, 0.5) is 0 Å². The highest BCUT2D eigenvalue weighted by Crippen LogP contribution is 2.12. The minimum atomic E-state index is -0.671. The number of aliphatic hydroxyl groups excluding tert-OH is 1. The molecule has 0 saturated heterocycles. The molecule has 0 heterocycles. The fourth-order valence-electron chi connectivity index (χ4n) is 1.94. The molecule has 0 bridgehead atoms. The zero-order valence-corrected chi connectivity index (χ0v) is 10.7. The summed E-state index contributed by atoms with van der Waals surface area (Å²) in [6, 6.07) is 6.14. The third kappa shape index (κ3) is 5.00. The molecule has 0 radical (unpaired) electrons. The zero-order chi connectivity index (χ0) is 12.8. The van der Waals surface area contributed by atoms with Crippen molar-refractivity contribution in [1.82, 2.24) is 0 Å². The Hall–Kier alpha value is -1.35. The maximum Gasteiger partial charge on any atom is 0.308 e. The first-order valence-corrected chi connectivity index (χ1v) is 5.92. The highest BCUT2D eigenvalue weighted by atomic mass is 16.5. The van der Waals surface area contributed by atoms with Crippen molar-refractivity contribution in [3.8, 4) is 0 Å². The van der Waals surface area contributed by atoms with E-state index < -0.39 is 6.10 Å². The number of carbonyl (C=O) groups is 1. The van der Waals surface area contributed by atoms with Gasteiger partial charge in [-0.05, 0) is 32.8 Å². The summed E-state index contributed by atoms with van der Waals surface area (Å²) in [6.45, 7) is 6.16. The summed E-state index contributed by atoms with van der Waals surface area (Å²) in [5.41, 5.74) is 3.39. The molecule has 1 aromatic rings. The molecule has 0 aliphatic rings. The molecule has 1 N–H and O–H groups in total. The van der Waals surface area contributed by atoms with Crippen LogP contribution in [0.15, 0.2) is 18.2 Å². The van der Waals surface area contributed by atoms with Crippen LogP contribution in [0.5, 0.6) is 0 Å². The van der Waals surface area contributed by atoms with E-state index in [1.165, 1.54) is 11.1 Å². The second-order valence-corrected chi connectivity index (χ2v) is 4.36. The highest BCUT2D eigenvalue weighted by molar-refractivity contribution is 5.69. The third-order valence-electron chi connectivity index (χ3n) is 2.46. The number of ether oxygens (including phenoxy) is 1. The normalized spacial score (nSPS) is 12.2. The van der Waals surface area contributed by atoms with Crippen LogP contribution in [0, 0.1) is 13.8 Å². The Balaban J connectivity index is 2.55. The third-order valence-corrected chi connectivity index (χ3v) is 2.46. The van der Waals surface area contributed by atoms with Gasteiger partial charge in [0, 0.05) is 0 Å². The molecule has 0 unspecified atom stereocenters. The largest absolute Gasteiger partial charge is 0.466 e. The summed E-state index contributed by atoms with van der Waals surface area (Å²) in [6.07, 6.45) is -0.127. The summed E-state index contributed by atoms with van der Waals surface area (Å²) in [5, 5.41) is 9.78. The fraction of sp³-hybridized carbons (Fsp3) is 0.500. The topological polar surface area (TPSA) is 46.5 Å². The van der Waals surface area contributed by atoms with E-state index in [2.05, 4.69) is 6.07 Å². The van der Waals surface area contributed by atoms with E-state index in [1.54, 1.807) is 6.92 Å². The van der Waals surface area contributed by atoms with Gasteiger partial charge >= 0.3 is 5.97 Å². The molecule has 0 amide bonds. The van der Waals surface area contributed by atoms with E-state index >= 15 is 0 Å². The van der Waals surface area contributed by atoms with Crippen molar-refractivity contribution in [2.75, 3.05) is 6.61 Å². The lowest BCUT2D eigenvalue weighted by Gasteiger charge is -2.11. The number of aliphatic hydroxyl groups is 1. The maximum atomic E-state index is 11.2. The average Bonchev–Trinajstić information content (AvgIpc) is 2.14. The van der Waals surface area contributed by atoms with Crippen LogP contribution in [-0.4, -0.2) is 23.8 Å². The van der Waals surface area contributed by atoms with Gasteiger partial charge in [0.1, 0.15) is 0 Å². The molecule has 1 atom stereocenters. The summed E-state index contributed by atoms with van der Waals surface area (Å²) in [7, 11) is 0. The van der Waals surface area contributed by atoms with Gasteiger partial charge in [0.15, 0.2) is 0 Å². The van der Waals surface area contributed by atoms with Crippen molar-refractivity contribution in [3.05, 3.63) is 34.9 Å². The van der Waals surface area contributed by atoms with Gasteiger partial charge in [-0.25, -0.2) is 0 Å². The van der Waals surface area contributed by atoms with Crippen LogP contribution in [0.25, 0.3) is 0 Å². The van der Waals surface area contributed by atoms with Crippen molar-refractivity contribution in [2.45, 2.75) is 39.7 Å². The van der Waals surface area contributed by atoms with Gasteiger partial charge < -0.3 is 9.84 Å². The summed E-state index contributed by atoms with van der Waals surface area (Å²) < 4.78 is 4.80. The molecular weight excluding hydrogens is 216 g/mol. The quantitative estimate of drug-likeness (QED) is 0.797. The van der Waals surface area contributed by atoms with Crippen molar-refractivity contribution in [2.24, 2.45) is 0 Å². The zero-order valence-electron chi connectivity index (χ0n) is 10.7.